The molecule has 1 N–H and O–H groups in total. The molecule has 0 spiro atoms. The van der Waals surface area contributed by atoms with Crippen LogP contribution in [0.1, 0.15) is 0 Å². The van der Waals surface area contributed by atoms with Crippen LogP contribution in [0.5, 0.6) is 0 Å². The Morgan fingerprint density at radius 1 is 1.42 bits per heavy atom. The number of nitrogens with one attached hydrogen (secondary N) is 1. The molecule has 0 saturated carbocycles. The first kappa shape index (κ1) is 15.5. The molecule has 0 aromatic heterocycles. The molecule has 0 fully saturated rings. The van der Waals surface area contributed by atoms with Crippen LogP contribution >= 0.6 is 11.6 Å². The van der Waals surface area contributed by atoms with Crippen molar-refractivity contribution in [3.63, 3.8) is 0 Å². The molecule has 0 atom stereocenters. The maximum absolute atomic E-state index is 13.4. The predicted molar refractivity (Wildman–Crippen MR) is 63.2 cm³/mol. The van der Waals surface area contributed by atoms with Crippen molar-refractivity contribution in [2.75, 3.05) is 6.54 Å². The number of halogens is 3. The zero-order valence-electron chi connectivity index (χ0n) is 9.19. The summed E-state index contributed by atoms with van der Waals surface area (Å²) in [5.41, 5.74) is -1.15. The number of nitrogens with zero attached hydrogens (tertiary/aromatic N) is 1. The van der Waals surface area contributed by atoms with Gasteiger partial charge in [-0.3, -0.25) is 10.1 Å². The summed E-state index contributed by atoms with van der Waals surface area (Å²) < 4.78 is 51.6. The normalized spacial score (nSPS) is 11.3. The third-order valence-corrected chi connectivity index (χ3v) is 3.49. The summed E-state index contributed by atoms with van der Waals surface area (Å²) in [5.74, 6) is -2.92. The van der Waals surface area contributed by atoms with Crippen molar-refractivity contribution in [1.29, 1.82) is 0 Å². The molecular formula is C9H7ClF2N2O4S. The van der Waals surface area contributed by atoms with Crippen LogP contribution in [-0.2, 0) is 10.0 Å². The highest BCUT2D eigenvalue weighted by Crippen LogP contribution is 2.24. The molecule has 1 aromatic carbocycles. The van der Waals surface area contributed by atoms with E-state index in [0.29, 0.717) is 6.07 Å². The number of hydrogen-bond donors (Lipinski definition) is 1. The largest absolute Gasteiger partial charge is 0.306 e. The smallest absolute Gasteiger partial charge is 0.258 e. The van der Waals surface area contributed by atoms with Gasteiger partial charge < -0.3 is 0 Å². The average molecular weight is 313 g/mol. The average Bonchev–Trinajstić information content (AvgIpc) is 2.25. The van der Waals surface area contributed by atoms with Crippen LogP contribution in [0.2, 0.25) is 0 Å². The first-order valence-corrected chi connectivity index (χ1v) is 6.47. The molecule has 0 saturated heterocycles. The van der Waals surface area contributed by atoms with Gasteiger partial charge in [0.1, 0.15) is 10.7 Å². The van der Waals surface area contributed by atoms with E-state index in [0.717, 1.165) is 0 Å². The van der Waals surface area contributed by atoms with E-state index in [2.05, 4.69) is 6.58 Å². The second-order valence-electron chi connectivity index (χ2n) is 3.33. The Hall–Kier alpha value is -1.58. The van der Waals surface area contributed by atoms with E-state index in [4.69, 9.17) is 11.6 Å². The van der Waals surface area contributed by atoms with Gasteiger partial charge in [-0.25, -0.2) is 17.5 Å². The molecule has 0 heterocycles. The number of nitro groups is 1. The van der Waals surface area contributed by atoms with Crippen molar-refractivity contribution >= 4 is 27.3 Å². The number of nitro benzene ring substituents is 1. The standard InChI is InChI=1S/C9H7ClF2N2O4S/c1-5(10)4-13-19(17,18)9-3-8(14(15)16)6(11)2-7(9)12/h2-3,13H,1,4H2. The fourth-order valence-electron chi connectivity index (χ4n) is 1.12. The lowest BCUT2D eigenvalue weighted by Crippen LogP contribution is -2.26. The third kappa shape index (κ3) is 3.69. The van der Waals surface area contributed by atoms with Crippen molar-refractivity contribution < 1.29 is 22.1 Å². The monoisotopic (exact) mass is 312 g/mol. The van der Waals surface area contributed by atoms with Gasteiger partial charge >= 0.3 is 5.69 Å². The van der Waals surface area contributed by atoms with Crippen LogP contribution in [0.4, 0.5) is 14.5 Å². The molecule has 1 rings (SSSR count). The van der Waals surface area contributed by atoms with E-state index in [1.807, 2.05) is 4.72 Å². The number of rotatable bonds is 5. The SMILES string of the molecule is C=C(Cl)CNS(=O)(=O)c1cc([N+](=O)[O-])c(F)cc1F. The van der Waals surface area contributed by atoms with Crippen LogP contribution < -0.4 is 4.72 Å². The van der Waals surface area contributed by atoms with Crippen LogP contribution in [0, 0.1) is 21.7 Å². The molecule has 1 aromatic rings. The van der Waals surface area contributed by atoms with Crippen molar-refractivity contribution in [2.24, 2.45) is 0 Å². The van der Waals surface area contributed by atoms with Gasteiger partial charge in [0.2, 0.25) is 15.8 Å². The Morgan fingerprint density at radius 3 is 2.47 bits per heavy atom. The topological polar surface area (TPSA) is 89.3 Å². The summed E-state index contributed by atoms with van der Waals surface area (Å²) >= 11 is 5.33. The highest BCUT2D eigenvalue weighted by molar-refractivity contribution is 7.89. The van der Waals surface area contributed by atoms with Crippen molar-refractivity contribution in [3.05, 3.63) is 45.5 Å². The second kappa shape index (κ2) is 5.59. The molecule has 0 unspecified atom stereocenters. The van der Waals surface area contributed by atoms with E-state index in [9.17, 15) is 27.3 Å². The quantitative estimate of drug-likeness (QED) is 0.664. The zero-order valence-corrected chi connectivity index (χ0v) is 10.8. The Labute approximate surface area is 111 Å². The summed E-state index contributed by atoms with van der Waals surface area (Å²) in [6, 6.07) is 0.423. The highest BCUT2D eigenvalue weighted by atomic mass is 35.5. The lowest BCUT2D eigenvalue weighted by Gasteiger charge is -2.07. The van der Waals surface area contributed by atoms with Gasteiger partial charge in [-0.2, -0.15) is 4.39 Å². The van der Waals surface area contributed by atoms with Gasteiger partial charge in [0, 0.05) is 23.7 Å². The van der Waals surface area contributed by atoms with Crippen molar-refractivity contribution in [2.45, 2.75) is 4.90 Å². The van der Waals surface area contributed by atoms with Crippen LogP contribution in [0.25, 0.3) is 0 Å². The van der Waals surface area contributed by atoms with Gasteiger partial charge in [0.05, 0.1) is 4.92 Å². The molecule has 19 heavy (non-hydrogen) atoms. The Balaban J connectivity index is 3.30. The fourth-order valence-corrected chi connectivity index (χ4v) is 2.36. The van der Waals surface area contributed by atoms with E-state index >= 15 is 0 Å². The lowest BCUT2D eigenvalue weighted by molar-refractivity contribution is -0.387. The van der Waals surface area contributed by atoms with Crippen LogP contribution in [0.15, 0.2) is 28.6 Å². The van der Waals surface area contributed by atoms with E-state index in [1.165, 1.54) is 0 Å². The van der Waals surface area contributed by atoms with Crippen molar-refractivity contribution in [1.82, 2.24) is 4.72 Å². The molecule has 104 valence electrons. The van der Waals surface area contributed by atoms with Crippen LogP contribution in [0.3, 0.4) is 0 Å². The minimum absolute atomic E-state index is 0.0689. The van der Waals surface area contributed by atoms with Crippen LogP contribution in [-0.4, -0.2) is 19.9 Å². The first-order chi connectivity index (χ1) is 8.65. The van der Waals surface area contributed by atoms with Crippen molar-refractivity contribution in [3.8, 4) is 0 Å². The summed E-state index contributed by atoms with van der Waals surface area (Å²) in [7, 11) is -4.40. The maximum atomic E-state index is 13.4. The molecule has 0 bridgehead atoms. The number of benzene rings is 1. The fraction of sp³-hybridized carbons (Fsp3) is 0.111. The van der Waals surface area contributed by atoms with E-state index in [1.54, 1.807) is 0 Å². The summed E-state index contributed by atoms with van der Waals surface area (Å²) in [6.07, 6.45) is 0. The van der Waals surface area contributed by atoms with Gasteiger partial charge in [-0.15, -0.1) is 0 Å². The maximum Gasteiger partial charge on any atom is 0.306 e. The van der Waals surface area contributed by atoms with E-state index in [-0.39, 0.29) is 11.1 Å². The molecule has 6 nitrogen and oxygen atoms in total. The van der Waals surface area contributed by atoms with Gasteiger partial charge in [-0.1, -0.05) is 18.2 Å². The Morgan fingerprint density at radius 2 is 2.00 bits per heavy atom. The summed E-state index contributed by atoms with van der Waals surface area (Å²) in [6.45, 7) is 2.82. The number of sulfonamides is 1. The Kier molecular flexibility index (Phi) is 4.56. The molecule has 0 aliphatic rings. The summed E-state index contributed by atoms with van der Waals surface area (Å²) in [5, 5.41) is 10.4. The molecule has 0 aliphatic heterocycles. The molecule has 0 aliphatic carbocycles. The van der Waals surface area contributed by atoms with E-state index < -0.39 is 43.7 Å². The second-order valence-corrected chi connectivity index (χ2v) is 5.60. The Bertz CT molecular complexity index is 648. The number of hydrogen-bond acceptors (Lipinski definition) is 4. The first-order valence-electron chi connectivity index (χ1n) is 4.61. The van der Waals surface area contributed by atoms with Gasteiger partial charge in [-0.05, 0) is 0 Å². The molecule has 0 amide bonds. The lowest BCUT2D eigenvalue weighted by atomic mass is 10.3. The molecular weight excluding hydrogens is 306 g/mol. The predicted octanol–water partition coefficient (Wildman–Crippen LogP) is 1.90. The third-order valence-electron chi connectivity index (χ3n) is 1.94. The minimum atomic E-state index is -4.40. The molecule has 0 radical (unpaired) electrons. The van der Waals surface area contributed by atoms with Gasteiger partial charge in [0.15, 0.2) is 0 Å². The highest BCUT2D eigenvalue weighted by Gasteiger charge is 2.26. The molecule has 10 heteroatoms. The zero-order chi connectivity index (χ0) is 14.8. The van der Waals surface area contributed by atoms with Gasteiger partial charge in [0.25, 0.3) is 0 Å². The summed E-state index contributed by atoms with van der Waals surface area (Å²) in [4.78, 5) is 8.27. The minimum Gasteiger partial charge on any atom is -0.258 e.